The van der Waals surface area contributed by atoms with Gasteiger partial charge >= 0.3 is 6.09 Å². The third-order valence-electron chi connectivity index (χ3n) is 5.70. The molecule has 2 aliphatic rings. The largest absolute Gasteiger partial charge is 0.414 e. The lowest BCUT2D eigenvalue weighted by atomic mass is 9.97. The monoisotopic (exact) mass is 561 g/mol. The van der Waals surface area contributed by atoms with Gasteiger partial charge in [-0.1, -0.05) is 11.3 Å². The summed E-state index contributed by atoms with van der Waals surface area (Å²) in [5.41, 5.74) is 1.10. The predicted molar refractivity (Wildman–Crippen MR) is 135 cm³/mol. The number of halogens is 1. The van der Waals surface area contributed by atoms with Gasteiger partial charge < -0.3 is 29.7 Å². The van der Waals surface area contributed by atoms with Gasteiger partial charge in [-0.25, -0.2) is 4.79 Å². The highest BCUT2D eigenvalue weighted by molar-refractivity contribution is 9.11. The SMILES string of the molecule is Cc1cc(NC(=O)C2(NC(=O)Oc3ccc(Br)s3)CCOC2)ccc1N1CCOCCC1=NC#N. The molecule has 10 nitrogen and oxygen atoms in total. The first-order valence-electron chi connectivity index (χ1n) is 11.0. The molecule has 35 heavy (non-hydrogen) atoms. The Kier molecular flexibility index (Phi) is 8.02. The second-order valence-corrected chi connectivity index (χ2v) is 10.5. The summed E-state index contributed by atoms with van der Waals surface area (Å²) in [6, 6.07) is 8.93. The Bertz CT molecular complexity index is 1170. The Morgan fingerprint density at radius 2 is 2.11 bits per heavy atom. The van der Waals surface area contributed by atoms with E-state index in [1.807, 2.05) is 30.1 Å². The number of nitrogens with zero attached hydrogens (tertiary/aromatic N) is 3. The standard InChI is InChI=1S/C23H24BrN5O5S/c1-15-12-16(2-3-17(15)29-8-11-32-9-6-19(29)26-14-25)27-21(30)23(7-10-33-13-23)28-22(31)34-20-5-4-18(24)35-20/h2-5,12H,6-11,13H2,1H3,(H,27,30)(H,28,31). The smallest absolute Gasteiger partial charge is 0.399 e. The van der Waals surface area contributed by atoms with Crippen LogP contribution in [0, 0.1) is 18.4 Å². The molecule has 0 radical (unpaired) electrons. The Labute approximate surface area is 215 Å². The summed E-state index contributed by atoms with van der Waals surface area (Å²) >= 11 is 4.59. The molecule has 2 aliphatic heterocycles. The number of amides is 2. The molecule has 2 N–H and O–H groups in total. The summed E-state index contributed by atoms with van der Waals surface area (Å²) in [6.45, 7) is 3.90. The number of carbonyl (C=O) groups excluding carboxylic acids is 2. The number of anilines is 2. The summed E-state index contributed by atoms with van der Waals surface area (Å²) in [6.07, 6.45) is 2.00. The molecule has 2 amide bonds. The van der Waals surface area contributed by atoms with Gasteiger partial charge in [-0.3, -0.25) is 4.79 Å². The molecular weight excluding hydrogens is 538 g/mol. The summed E-state index contributed by atoms with van der Waals surface area (Å²) in [5.74, 6) is 0.258. The fraction of sp³-hybridized carbons (Fsp3) is 0.391. The number of amidine groups is 1. The van der Waals surface area contributed by atoms with Crippen molar-refractivity contribution in [3.05, 3.63) is 39.7 Å². The van der Waals surface area contributed by atoms with E-state index in [4.69, 9.17) is 19.5 Å². The van der Waals surface area contributed by atoms with E-state index < -0.39 is 11.6 Å². The molecule has 4 rings (SSSR count). The van der Waals surface area contributed by atoms with E-state index >= 15 is 0 Å². The van der Waals surface area contributed by atoms with Crippen LogP contribution in [0.1, 0.15) is 18.4 Å². The number of nitrogens with one attached hydrogen (secondary N) is 2. The fourth-order valence-corrected chi connectivity index (χ4v) is 5.16. The number of nitriles is 1. The van der Waals surface area contributed by atoms with Crippen LogP contribution in [-0.4, -0.2) is 56.3 Å². The Morgan fingerprint density at radius 1 is 1.26 bits per heavy atom. The van der Waals surface area contributed by atoms with Gasteiger partial charge in [-0.15, -0.1) is 0 Å². The van der Waals surface area contributed by atoms with Crippen LogP contribution in [0.3, 0.4) is 0 Å². The van der Waals surface area contributed by atoms with Crippen molar-refractivity contribution in [1.29, 1.82) is 5.26 Å². The van der Waals surface area contributed by atoms with Crippen molar-refractivity contribution in [2.75, 3.05) is 43.2 Å². The maximum absolute atomic E-state index is 13.3. The minimum absolute atomic E-state index is 0.0426. The van der Waals surface area contributed by atoms with E-state index in [9.17, 15) is 9.59 Å². The van der Waals surface area contributed by atoms with Gasteiger partial charge in [0.15, 0.2) is 5.06 Å². The van der Waals surface area contributed by atoms with Crippen LogP contribution >= 0.6 is 27.3 Å². The number of carbonyl (C=O) groups is 2. The third kappa shape index (κ3) is 5.99. The maximum atomic E-state index is 13.3. The summed E-state index contributed by atoms with van der Waals surface area (Å²) in [5, 5.41) is 15.1. The number of hydrogen-bond donors (Lipinski definition) is 2. The van der Waals surface area contributed by atoms with E-state index in [1.165, 1.54) is 11.3 Å². The first kappa shape index (κ1) is 25.1. The molecule has 1 aromatic heterocycles. The van der Waals surface area contributed by atoms with Crippen LogP contribution in [0.5, 0.6) is 5.06 Å². The lowest BCUT2D eigenvalue weighted by molar-refractivity contribution is -0.122. The molecular formula is C23H24BrN5O5S. The molecule has 2 fully saturated rings. The molecule has 1 aromatic carbocycles. The molecule has 12 heteroatoms. The number of benzene rings is 1. The maximum Gasteiger partial charge on any atom is 0.414 e. The Balaban J connectivity index is 1.48. The van der Waals surface area contributed by atoms with E-state index in [0.717, 1.165) is 15.0 Å². The van der Waals surface area contributed by atoms with Crippen LogP contribution in [0.2, 0.25) is 0 Å². The van der Waals surface area contributed by atoms with Crippen molar-refractivity contribution >= 4 is 56.5 Å². The van der Waals surface area contributed by atoms with Crippen molar-refractivity contribution in [2.45, 2.75) is 25.3 Å². The summed E-state index contributed by atoms with van der Waals surface area (Å²) in [4.78, 5) is 31.7. The molecule has 2 saturated heterocycles. The van der Waals surface area contributed by atoms with E-state index in [-0.39, 0.29) is 12.5 Å². The summed E-state index contributed by atoms with van der Waals surface area (Å²) in [7, 11) is 0. The number of thiophene rings is 1. The van der Waals surface area contributed by atoms with Gasteiger partial charge in [0.1, 0.15) is 11.4 Å². The summed E-state index contributed by atoms with van der Waals surface area (Å²) < 4.78 is 17.1. The van der Waals surface area contributed by atoms with Gasteiger partial charge in [0.05, 0.1) is 23.6 Å². The number of aryl methyl sites for hydroxylation is 1. The lowest BCUT2D eigenvalue weighted by Crippen LogP contribution is -2.58. The second kappa shape index (κ2) is 11.2. The van der Waals surface area contributed by atoms with Crippen LogP contribution in [0.25, 0.3) is 0 Å². The fourth-order valence-electron chi connectivity index (χ4n) is 3.97. The first-order chi connectivity index (χ1) is 16.9. The average molecular weight is 562 g/mol. The number of hydrogen-bond acceptors (Lipinski definition) is 8. The zero-order valence-corrected chi connectivity index (χ0v) is 21.4. The van der Waals surface area contributed by atoms with Crippen LogP contribution in [0.15, 0.2) is 39.1 Å². The average Bonchev–Trinajstić information content (AvgIpc) is 3.39. The quantitative estimate of drug-likeness (QED) is 0.531. The highest BCUT2D eigenvalue weighted by Gasteiger charge is 2.44. The molecule has 0 bridgehead atoms. The van der Waals surface area contributed by atoms with Crippen molar-refractivity contribution in [3.63, 3.8) is 0 Å². The van der Waals surface area contributed by atoms with E-state index in [2.05, 4.69) is 31.6 Å². The third-order valence-corrected chi connectivity index (χ3v) is 7.21. The van der Waals surface area contributed by atoms with Gasteiger partial charge in [-0.2, -0.15) is 10.3 Å². The molecule has 184 valence electrons. The van der Waals surface area contributed by atoms with Gasteiger partial charge in [0, 0.05) is 37.4 Å². The van der Waals surface area contributed by atoms with Crippen LogP contribution in [-0.2, 0) is 14.3 Å². The zero-order valence-electron chi connectivity index (χ0n) is 19.0. The number of ether oxygens (including phenoxy) is 3. The minimum atomic E-state index is -1.24. The molecule has 3 heterocycles. The molecule has 1 atom stereocenters. The highest BCUT2D eigenvalue weighted by atomic mass is 79.9. The van der Waals surface area contributed by atoms with Gasteiger partial charge in [0.25, 0.3) is 5.91 Å². The molecule has 0 saturated carbocycles. The topological polar surface area (TPSA) is 125 Å². The normalized spacial score (nSPS) is 21.3. The Morgan fingerprint density at radius 3 is 2.80 bits per heavy atom. The van der Waals surface area contributed by atoms with Crippen LogP contribution < -0.4 is 20.3 Å². The van der Waals surface area contributed by atoms with Gasteiger partial charge in [-0.05, 0) is 58.7 Å². The predicted octanol–water partition coefficient (Wildman–Crippen LogP) is 3.81. The molecule has 0 spiro atoms. The van der Waals surface area contributed by atoms with Crippen molar-refractivity contribution in [3.8, 4) is 11.3 Å². The minimum Gasteiger partial charge on any atom is -0.399 e. The van der Waals surface area contributed by atoms with E-state index in [0.29, 0.717) is 55.8 Å². The highest BCUT2D eigenvalue weighted by Crippen LogP contribution is 2.30. The van der Waals surface area contributed by atoms with Crippen molar-refractivity contribution < 1.29 is 23.8 Å². The molecule has 0 aliphatic carbocycles. The van der Waals surface area contributed by atoms with Crippen molar-refractivity contribution in [2.24, 2.45) is 4.99 Å². The number of rotatable bonds is 5. The molecule has 1 unspecified atom stereocenters. The Hall–Kier alpha value is -2.98. The van der Waals surface area contributed by atoms with E-state index in [1.54, 1.807) is 18.2 Å². The zero-order chi connectivity index (χ0) is 24.8. The number of aliphatic imine (C=N–C) groups is 1. The second-order valence-electron chi connectivity index (χ2n) is 8.06. The first-order valence-corrected chi connectivity index (χ1v) is 12.6. The lowest BCUT2D eigenvalue weighted by Gasteiger charge is -2.28. The molecule has 2 aromatic rings. The van der Waals surface area contributed by atoms with Crippen molar-refractivity contribution in [1.82, 2.24) is 5.32 Å². The van der Waals surface area contributed by atoms with Gasteiger partial charge in [0.2, 0.25) is 6.19 Å². The van der Waals surface area contributed by atoms with Crippen LogP contribution in [0.4, 0.5) is 16.2 Å².